The first-order valence-electron chi connectivity index (χ1n) is 7.08. The number of carbonyl (C=O) groups excluding carboxylic acids is 1. The lowest BCUT2D eigenvalue weighted by Crippen LogP contribution is -2.30. The van der Waals surface area contributed by atoms with E-state index in [-0.39, 0.29) is 5.91 Å². The Kier molecular flexibility index (Phi) is 4.71. The van der Waals surface area contributed by atoms with Crippen LogP contribution in [0.4, 0.5) is 0 Å². The molecule has 0 spiro atoms. The first kappa shape index (κ1) is 15.0. The molecule has 0 aliphatic carbocycles. The standard InChI is InChI=1S/C18H15NOS2/c20-17-16(13-15-9-5-2-6-10-15)22-18(21)19(17)12-11-14-7-3-1-4-8-14/h1-10,13H,11-12H2. The molecule has 1 aliphatic rings. The molecule has 22 heavy (non-hydrogen) atoms. The highest BCUT2D eigenvalue weighted by atomic mass is 32.2. The summed E-state index contributed by atoms with van der Waals surface area (Å²) >= 11 is 6.73. The third kappa shape index (κ3) is 3.46. The molecule has 2 nitrogen and oxygen atoms in total. The molecule has 3 rings (SSSR count). The summed E-state index contributed by atoms with van der Waals surface area (Å²) in [7, 11) is 0. The zero-order chi connectivity index (χ0) is 15.4. The molecule has 2 aromatic rings. The zero-order valence-electron chi connectivity index (χ0n) is 11.9. The van der Waals surface area contributed by atoms with Crippen molar-refractivity contribution in [2.75, 3.05) is 6.54 Å². The molecule has 1 saturated heterocycles. The predicted octanol–water partition coefficient (Wildman–Crippen LogP) is 4.13. The van der Waals surface area contributed by atoms with Gasteiger partial charge in [0.15, 0.2) is 0 Å². The second kappa shape index (κ2) is 6.90. The maximum atomic E-state index is 12.5. The van der Waals surface area contributed by atoms with Gasteiger partial charge in [0.05, 0.1) is 4.91 Å². The summed E-state index contributed by atoms with van der Waals surface area (Å²) < 4.78 is 0.642. The number of hydrogen-bond acceptors (Lipinski definition) is 3. The molecule has 0 N–H and O–H groups in total. The molecule has 110 valence electrons. The molecule has 1 heterocycles. The van der Waals surface area contributed by atoms with E-state index < -0.39 is 0 Å². The smallest absolute Gasteiger partial charge is 0.266 e. The Hall–Kier alpha value is -1.91. The molecule has 0 atom stereocenters. The van der Waals surface area contributed by atoms with Gasteiger partial charge in [-0.15, -0.1) is 0 Å². The molecule has 4 heteroatoms. The molecule has 2 aromatic carbocycles. The topological polar surface area (TPSA) is 20.3 Å². The summed E-state index contributed by atoms with van der Waals surface area (Å²) in [5.74, 6) is 0.00906. The molecular formula is C18H15NOS2. The van der Waals surface area contributed by atoms with Gasteiger partial charge >= 0.3 is 0 Å². The van der Waals surface area contributed by atoms with Gasteiger partial charge in [0.1, 0.15) is 4.32 Å². The normalized spacial score (nSPS) is 16.5. The predicted molar refractivity (Wildman–Crippen MR) is 96.5 cm³/mol. The molecular weight excluding hydrogens is 310 g/mol. The second-order valence-electron chi connectivity index (χ2n) is 4.98. The van der Waals surface area contributed by atoms with Crippen molar-refractivity contribution in [3.05, 3.63) is 76.7 Å². The van der Waals surface area contributed by atoms with Crippen LogP contribution in [-0.2, 0) is 11.2 Å². The van der Waals surface area contributed by atoms with Crippen LogP contribution in [0.5, 0.6) is 0 Å². The third-order valence-electron chi connectivity index (χ3n) is 3.44. The van der Waals surface area contributed by atoms with Crippen molar-refractivity contribution in [3.8, 4) is 0 Å². The first-order chi connectivity index (χ1) is 10.7. The van der Waals surface area contributed by atoms with Crippen LogP contribution < -0.4 is 0 Å². The summed E-state index contributed by atoms with van der Waals surface area (Å²) in [5, 5.41) is 0. The highest BCUT2D eigenvalue weighted by Gasteiger charge is 2.31. The minimum atomic E-state index is 0.00906. The number of nitrogens with zero attached hydrogens (tertiary/aromatic N) is 1. The van der Waals surface area contributed by atoms with Crippen molar-refractivity contribution in [1.29, 1.82) is 0 Å². The van der Waals surface area contributed by atoms with Crippen LogP contribution in [0.25, 0.3) is 6.08 Å². The third-order valence-corrected chi connectivity index (χ3v) is 4.82. The zero-order valence-corrected chi connectivity index (χ0v) is 13.6. The Balaban J connectivity index is 1.71. The molecule has 0 aromatic heterocycles. The van der Waals surface area contributed by atoms with E-state index in [0.717, 1.165) is 12.0 Å². The van der Waals surface area contributed by atoms with Gasteiger partial charge < -0.3 is 0 Å². The van der Waals surface area contributed by atoms with Crippen LogP contribution in [0.2, 0.25) is 0 Å². The Labute approximate surface area is 139 Å². The van der Waals surface area contributed by atoms with Crippen molar-refractivity contribution in [3.63, 3.8) is 0 Å². The van der Waals surface area contributed by atoms with Gasteiger partial charge in [-0.25, -0.2) is 0 Å². The summed E-state index contributed by atoms with van der Waals surface area (Å²) in [6, 6.07) is 20.0. The number of carbonyl (C=O) groups is 1. The SMILES string of the molecule is O=C1C(=Cc2ccccc2)SC(=S)N1CCc1ccccc1. The lowest BCUT2D eigenvalue weighted by Gasteiger charge is -2.14. The molecule has 1 fully saturated rings. The average Bonchev–Trinajstić information content (AvgIpc) is 2.81. The van der Waals surface area contributed by atoms with Crippen LogP contribution in [0.1, 0.15) is 11.1 Å². The number of thioether (sulfide) groups is 1. The van der Waals surface area contributed by atoms with E-state index in [2.05, 4.69) is 12.1 Å². The van der Waals surface area contributed by atoms with Crippen LogP contribution in [0, 0.1) is 0 Å². The van der Waals surface area contributed by atoms with Crippen molar-refractivity contribution in [1.82, 2.24) is 4.90 Å². The van der Waals surface area contributed by atoms with E-state index in [1.165, 1.54) is 17.3 Å². The summed E-state index contributed by atoms with van der Waals surface area (Å²) in [6.45, 7) is 0.626. The van der Waals surface area contributed by atoms with Gasteiger partial charge in [-0.2, -0.15) is 0 Å². The monoisotopic (exact) mass is 325 g/mol. The Morgan fingerprint density at radius 2 is 1.64 bits per heavy atom. The van der Waals surface area contributed by atoms with Crippen LogP contribution in [0.3, 0.4) is 0 Å². The summed E-state index contributed by atoms with van der Waals surface area (Å²) in [4.78, 5) is 14.9. The van der Waals surface area contributed by atoms with E-state index in [9.17, 15) is 4.79 Å². The highest BCUT2D eigenvalue weighted by molar-refractivity contribution is 8.26. The van der Waals surface area contributed by atoms with Gasteiger partial charge in [0, 0.05) is 6.54 Å². The van der Waals surface area contributed by atoms with Gasteiger partial charge in [0.25, 0.3) is 5.91 Å². The largest absolute Gasteiger partial charge is 0.293 e. The molecule has 1 amide bonds. The molecule has 0 saturated carbocycles. The Bertz CT molecular complexity index is 710. The lowest BCUT2D eigenvalue weighted by molar-refractivity contribution is -0.122. The van der Waals surface area contributed by atoms with Crippen molar-refractivity contribution < 1.29 is 4.79 Å². The second-order valence-corrected chi connectivity index (χ2v) is 6.66. The van der Waals surface area contributed by atoms with Crippen LogP contribution in [-0.4, -0.2) is 21.7 Å². The molecule has 1 aliphatic heterocycles. The lowest BCUT2D eigenvalue weighted by atomic mass is 10.1. The highest BCUT2D eigenvalue weighted by Crippen LogP contribution is 2.32. The van der Waals surface area contributed by atoms with E-state index in [4.69, 9.17) is 12.2 Å². The van der Waals surface area contributed by atoms with Crippen LogP contribution in [0.15, 0.2) is 65.6 Å². The van der Waals surface area contributed by atoms with E-state index in [1.807, 2.05) is 54.6 Å². The van der Waals surface area contributed by atoms with Gasteiger partial charge in [-0.05, 0) is 23.6 Å². The fourth-order valence-corrected chi connectivity index (χ4v) is 3.59. The quantitative estimate of drug-likeness (QED) is 0.623. The van der Waals surface area contributed by atoms with Gasteiger partial charge in [-0.3, -0.25) is 9.69 Å². The van der Waals surface area contributed by atoms with E-state index in [1.54, 1.807) is 4.90 Å². The maximum absolute atomic E-state index is 12.5. The Morgan fingerprint density at radius 3 is 2.32 bits per heavy atom. The summed E-state index contributed by atoms with van der Waals surface area (Å²) in [6.07, 6.45) is 2.72. The van der Waals surface area contributed by atoms with Crippen molar-refractivity contribution in [2.24, 2.45) is 0 Å². The first-order valence-corrected chi connectivity index (χ1v) is 8.31. The van der Waals surface area contributed by atoms with E-state index >= 15 is 0 Å². The number of hydrogen-bond donors (Lipinski definition) is 0. The Morgan fingerprint density at radius 1 is 1.00 bits per heavy atom. The fraction of sp³-hybridized carbons (Fsp3) is 0.111. The number of thiocarbonyl (C=S) groups is 1. The number of amides is 1. The van der Waals surface area contributed by atoms with Crippen LogP contribution >= 0.6 is 24.0 Å². The average molecular weight is 325 g/mol. The molecule has 0 bridgehead atoms. The van der Waals surface area contributed by atoms with Gasteiger partial charge in [0.2, 0.25) is 0 Å². The molecule has 0 radical (unpaired) electrons. The summed E-state index contributed by atoms with van der Waals surface area (Å²) in [5.41, 5.74) is 2.23. The fourth-order valence-electron chi connectivity index (χ4n) is 2.28. The van der Waals surface area contributed by atoms with Gasteiger partial charge in [-0.1, -0.05) is 84.6 Å². The maximum Gasteiger partial charge on any atom is 0.266 e. The molecule has 0 unspecified atom stereocenters. The number of benzene rings is 2. The van der Waals surface area contributed by atoms with Crippen molar-refractivity contribution >= 4 is 40.3 Å². The van der Waals surface area contributed by atoms with Crippen molar-refractivity contribution in [2.45, 2.75) is 6.42 Å². The van der Waals surface area contributed by atoms with E-state index in [0.29, 0.717) is 15.8 Å². The minimum absolute atomic E-state index is 0.00906. The number of rotatable bonds is 4. The minimum Gasteiger partial charge on any atom is -0.293 e.